The zero-order chi connectivity index (χ0) is 20.7. The summed E-state index contributed by atoms with van der Waals surface area (Å²) in [6.07, 6.45) is -6.30. The summed E-state index contributed by atoms with van der Waals surface area (Å²) in [5.41, 5.74) is -0.733. The predicted molar refractivity (Wildman–Crippen MR) is 90.8 cm³/mol. The number of amides is 1. The molecule has 0 saturated carbocycles. The van der Waals surface area contributed by atoms with Gasteiger partial charge < -0.3 is 15.2 Å². The molecule has 1 atom stereocenters. The van der Waals surface area contributed by atoms with E-state index in [-0.39, 0.29) is 25.0 Å². The number of hydrogen-bond acceptors (Lipinski definition) is 3. The molecule has 0 bridgehead atoms. The molecule has 0 aromatic heterocycles. The Labute approximate surface area is 157 Å². The Morgan fingerprint density at radius 3 is 2.36 bits per heavy atom. The number of carboxylic acids is 1. The van der Waals surface area contributed by atoms with E-state index in [1.54, 1.807) is 30.3 Å². The Hall–Kier alpha value is -3.10. The lowest BCUT2D eigenvalue weighted by molar-refractivity contribution is -0.140. The lowest BCUT2D eigenvalue weighted by Crippen LogP contribution is -2.29. The Balaban J connectivity index is 2.11. The van der Waals surface area contributed by atoms with E-state index in [4.69, 9.17) is 9.84 Å². The van der Waals surface area contributed by atoms with Crippen LogP contribution in [0.2, 0.25) is 0 Å². The molecule has 0 aliphatic carbocycles. The fourth-order valence-electron chi connectivity index (χ4n) is 2.48. The molecule has 5 nitrogen and oxygen atoms in total. The maximum Gasteiger partial charge on any atom is 0.419 e. The minimum atomic E-state index is -4.86. The lowest BCUT2D eigenvalue weighted by atomic mass is 10.00. The van der Waals surface area contributed by atoms with Crippen molar-refractivity contribution < 1.29 is 37.0 Å². The molecule has 0 aliphatic heterocycles. The molecular formula is C19H17F4NO4. The molecule has 0 fully saturated rings. The van der Waals surface area contributed by atoms with Gasteiger partial charge in [0.1, 0.15) is 12.4 Å². The van der Waals surface area contributed by atoms with E-state index >= 15 is 0 Å². The van der Waals surface area contributed by atoms with Gasteiger partial charge in [0.2, 0.25) is 0 Å². The number of carbonyl (C=O) groups is 2. The first kappa shape index (κ1) is 21.2. The number of alkyl halides is 3. The molecule has 0 radical (unpaired) electrons. The van der Waals surface area contributed by atoms with E-state index in [0.717, 1.165) is 6.07 Å². The topological polar surface area (TPSA) is 75.6 Å². The van der Waals surface area contributed by atoms with E-state index in [1.165, 1.54) is 0 Å². The van der Waals surface area contributed by atoms with Crippen molar-refractivity contribution in [2.75, 3.05) is 0 Å². The van der Waals surface area contributed by atoms with Crippen molar-refractivity contribution in [3.05, 3.63) is 71.0 Å². The van der Waals surface area contributed by atoms with Crippen molar-refractivity contribution in [3.8, 4) is 0 Å². The van der Waals surface area contributed by atoms with Crippen molar-refractivity contribution in [1.29, 1.82) is 0 Å². The zero-order valence-electron chi connectivity index (χ0n) is 14.5. The Morgan fingerprint density at radius 2 is 1.79 bits per heavy atom. The highest BCUT2D eigenvalue weighted by Gasteiger charge is 2.34. The number of ether oxygens (including phenoxy) is 1. The molecule has 1 unspecified atom stereocenters. The third-order valence-electron chi connectivity index (χ3n) is 3.85. The van der Waals surface area contributed by atoms with Crippen LogP contribution >= 0.6 is 0 Å². The summed E-state index contributed by atoms with van der Waals surface area (Å²) in [5.74, 6) is -2.68. The summed E-state index contributed by atoms with van der Waals surface area (Å²) in [5, 5.41) is 11.2. The third-order valence-corrected chi connectivity index (χ3v) is 3.85. The van der Waals surface area contributed by atoms with Gasteiger partial charge in [-0.25, -0.2) is 9.18 Å². The molecule has 2 rings (SSSR count). The van der Waals surface area contributed by atoms with E-state index in [9.17, 15) is 27.2 Å². The van der Waals surface area contributed by atoms with Crippen molar-refractivity contribution in [2.24, 2.45) is 0 Å². The summed E-state index contributed by atoms with van der Waals surface area (Å²) in [7, 11) is 0. The lowest BCUT2D eigenvalue weighted by Gasteiger charge is -2.19. The highest BCUT2D eigenvalue weighted by atomic mass is 19.4. The van der Waals surface area contributed by atoms with E-state index in [1.807, 2.05) is 0 Å². The number of halogens is 4. The first-order chi connectivity index (χ1) is 13.2. The highest BCUT2D eigenvalue weighted by molar-refractivity contribution is 5.69. The van der Waals surface area contributed by atoms with Gasteiger partial charge in [-0.05, 0) is 29.7 Å². The van der Waals surface area contributed by atoms with Crippen molar-refractivity contribution in [1.82, 2.24) is 5.32 Å². The molecule has 0 spiro atoms. The fourth-order valence-corrected chi connectivity index (χ4v) is 2.48. The summed E-state index contributed by atoms with van der Waals surface area (Å²) in [6, 6.07) is 9.87. The van der Waals surface area contributed by atoms with Crippen LogP contribution in [0.25, 0.3) is 0 Å². The van der Waals surface area contributed by atoms with Gasteiger partial charge >= 0.3 is 18.2 Å². The predicted octanol–water partition coefficient (Wildman–Crippen LogP) is 4.68. The smallest absolute Gasteiger partial charge is 0.419 e. The second-order valence-electron chi connectivity index (χ2n) is 5.93. The fraction of sp³-hybridized carbons (Fsp3) is 0.263. The zero-order valence-corrected chi connectivity index (χ0v) is 14.5. The molecule has 0 heterocycles. The normalized spacial score (nSPS) is 12.3. The molecule has 2 aromatic rings. The first-order valence-electron chi connectivity index (χ1n) is 8.22. The average molecular weight is 399 g/mol. The molecule has 28 heavy (non-hydrogen) atoms. The van der Waals surface area contributed by atoms with Gasteiger partial charge in [-0.1, -0.05) is 36.4 Å². The van der Waals surface area contributed by atoms with Crippen LogP contribution in [0.15, 0.2) is 48.5 Å². The summed E-state index contributed by atoms with van der Waals surface area (Å²) in [4.78, 5) is 22.8. The highest BCUT2D eigenvalue weighted by Crippen LogP contribution is 2.33. The van der Waals surface area contributed by atoms with Crippen LogP contribution in [-0.4, -0.2) is 17.2 Å². The largest absolute Gasteiger partial charge is 0.481 e. The van der Waals surface area contributed by atoms with Gasteiger partial charge in [-0.3, -0.25) is 4.79 Å². The number of nitrogens with one attached hydrogen (secondary N) is 1. The maximum atomic E-state index is 13.8. The second kappa shape index (κ2) is 9.20. The van der Waals surface area contributed by atoms with Crippen LogP contribution < -0.4 is 5.32 Å². The Bertz CT molecular complexity index is 824. The van der Waals surface area contributed by atoms with Crippen LogP contribution in [0.3, 0.4) is 0 Å². The molecule has 150 valence electrons. The monoisotopic (exact) mass is 399 g/mol. The van der Waals surface area contributed by atoms with Crippen LogP contribution in [-0.2, 0) is 22.3 Å². The third kappa shape index (κ3) is 6.26. The summed E-state index contributed by atoms with van der Waals surface area (Å²) in [6.45, 7) is -0.0559. The first-order valence-corrected chi connectivity index (χ1v) is 8.22. The van der Waals surface area contributed by atoms with E-state index in [0.29, 0.717) is 17.7 Å². The minimum Gasteiger partial charge on any atom is -0.481 e. The van der Waals surface area contributed by atoms with Gasteiger partial charge in [0.05, 0.1) is 11.6 Å². The van der Waals surface area contributed by atoms with Gasteiger partial charge in [0.15, 0.2) is 0 Å². The van der Waals surface area contributed by atoms with Crippen molar-refractivity contribution >= 4 is 12.1 Å². The number of hydrogen-bond donors (Lipinski definition) is 2. The number of benzene rings is 2. The Morgan fingerprint density at radius 1 is 1.11 bits per heavy atom. The number of carbonyl (C=O) groups excluding carboxylic acids is 1. The molecule has 0 aliphatic rings. The maximum absolute atomic E-state index is 13.8. The average Bonchev–Trinajstić information content (AvgIpc) is 2.63. The molecule has 1 amide bonds. The molecule has 2 N–H and O–H groups in total. The van der Waals surface area contributed by atoms with E-state index < -0.39 is 35.7 Å². The van der Waals surface area contributed by atoms with Gasteiger partial charge in [0, 0.05) is 6.42 Å². The summed E-state index contributed by atoms with van der Waals surface area (Å²) < 4.78 is 57.0. The molecular weight excluding hydrogens is 382 g/mol. The van der Waals surface area contributed by atoms with Crippen LogP contribution in [0.5, 0.6) is 0 Å². The van der Waals surface area contributed by atoms with Gasteiger partial charge in [0.25, 0.3) is 0 Å². The van der Waals surface area contributed by atoms with E-state index in [2.05, 4.69) is 5.32 Å². The number of rotatable bonds is 7. The Kier molecular flexibility index (Phi) is 6.97. The number of aliphatic carboxylic acids is 1. The van der Waals surface area contributed by atoms with Crippen LogP contribution in [0, 0.1) is 5.82 Å². The SMILES string of the molecule is O=C(O)CCC(NC(=O)OCc1ccccc1)c1ccc(C(F)(F)F)c(F)c1. The van der Waals surface area contributed by atoms with Crippen LogP contribution in [0.1, 0.15) is 35.6 Å². The van der Waals surface area contributed by atoms with Crippen LogP contribution in [0.4, 0.5) is 22.4 Å². The minimum absolute atomic E-state index is 0.00316. The summed E-state index contributed by atoms with van der Waals surface area (Å²) >= 11 is 0. The van der Waals surface area contributed by atoms with Gasteiger partial charge in [-0.15, -0.1) is 0 Å². The number of carboxylic acid groups (broad SMARTS) is 1. The molecule has 9 heteroatoms. The van der Waals surface area contributed by atoms with Crippen molar-refractivity contribution in [2.45, 2.75) is 31.7 Å². The quantitative estimate of drug-likeness (QED) is 0.663. The number of alkyl carbamates (subject to hydrolysis) is 1. The molecule has 0 saturated heterocycles. The molecule has 2 aromatic carbocycles. The van der Waals surface area contributed by atoms with Crippen molar-refractivity contribution in [3.63, 3.8) is 0 Å². The van der Waals surface area contributed by atoms with Gasteiger partial charge in [-0.2, -0.15) is 13.2 Å². The standard InChI is InChI=1S/C19H17F4NO4/c20-15-10-13(6-7-14(15)19(21,22)23)16(8-9-17(25)26)24-18(27)28-11-12-4-2-1-3-5-12/h1-7,10,16H,8-9,11H2,(H,24,27)(H,25,26). The second-order valence-corrected chi connectivity index (χ2v) is 5.93.